The molecule has 0 saturated heterocycles. The molecule has 1 atom stereocenters. The Kier molecular flexibility index (Phi) is 3.40. The molecule has 1 aliphatic heterocycles. The number of nitrogens with zero attached hydrogens (tertiary/aromatic N) is 1. The fourth-order valence-electron chi connectivity index (χ4n) is 2.61. The molecule has 0 fully saturated rings. The summed E-state index contributed by atoms with van der Waals surface area (Å²) in [5.74, 6) is 0.993. The number of nitrogens with two attached hydrogens (primary N) is 1. The lowest BCUT2D eigenvalue weighted by Gasteiger charge is -2.43. The standard InChI is InChI=1S/C14H22N2O/c1-4-11-5-6-13-12(9-11)14(10-15,16(2)3)7-8-17-13/h5-6,9H,4,7-8,10,15H2,1-3H3. The van der Waals surface area contributed by atoms with Crippen LogP contribution >= 0.6 is 0 Å². The maximum atomic E-state index is 6.05. The van der Waals surface area contributed by atoms with Gasteiger partial charge in [0.1, 0.15) is 5.75 Å². The van der Waals surface area contributed by atoms with Gasteiger partial charge in [0.2, 0.25) is 0 Å². The van der Waals surface area contributed by atoms with E-state index >= 15 is 0 Å². The molecule has 0 aromatic heterocycles. The van der Waals surface area contributed by atoms with Gasteiger partial charge in [0.15, 0.2) is 0 Å². The van der Waals surface area contributed by atoms with Crippen molar-refractivity contribution in [3.05, 3.63) is 29.3 Å². The van der Waals surface area contributed by atoms with Gasteiger partial charge in [-0.25, -0.2) is 0 Å². The molecule has 0 bridgehead atoms. The van der Waals surface area contributed by atoms with Gasteiger partial charge in [-0.1, -0.05) is 19.1 Å². The molecule has 1 aromatic rings. The third-order valence-corrected chi connectivity index (χ3v) is 3.92. The average Bonchev–Trinajstić information content (AvgIpc) is 2.37. The Morgan fingerprint density at radius 3 is 2.76 bits per heavy atom. The zero-order chi connectivity index (χ0) is 12.5. The van der Waals surface area contributed by atoms with E-state index in [2.05, 4.69) is 44.1 Å². The van der Waals surface area contributed by atoms with E-state index in [1.807, 2.05) is 0 Å². The van der Waals surface area contributed by atoms with Crippen LogP contribution in [0.4, 0.5) is 0 Å². The summed E-state index contributed by atoms with van der Waals surface area (Å²) in [5.41, 5.74) is 8.57. The van der Waals surface area contributed by atoms with Crippen molar-refractivity contribution in [2.45, 2.75) is 25.3 Å². The number of rotatable bonds is 3. The zero-order valence-corrected chi connectivity index (χ0v) is 11.0. The first-order chi connectivity index (χ1) is 8.14. The maximum Gasteiger partial charge on any atom is 0.124 e. The van der Waals surface area contributed by atoms with Gasteiger partial charge in [-0.3, -0.25) is 4.90 Å². The third kappa shape index (κ3) is 1.94. The average molecular weight is 234 g/mol. The minimum atomic E-state index is -0.0707. The van der Waals surface area contributed by atoms with Crippen molar-refractivity contribution in [1.82, 2.24) is 4.90 Å². The molecule has 0 spiro atoms. The Bertz CT molecular complexity index is 403. The smallest absolute Gasteiger partial charge is 0.124 e. The molecule has 3 heteroatoms. The third-order valence-electron chi connectivity index (χ3n) is 3.92. The van der Waals surface area contributed by atoms with Crippen molar-refractivity contribution in [3.63, 3.8) is 0 Å². The van der Waals surface area contributed by atoms with Gasteiger partial charge in [0.25, 0.3) is 0 Å². The van der Waals surface area contributed by atoms with E-state index in [0.29, 0.717) is 6.54 Å². The number of fused-ring (bicyclic) bond motifs is 1. The molecule has 1 aliphatic rings. The van der Waals surface area contributed by atoms with Crippen LogP contribution in [0.2, 0.25) is 0 Å². The lowest BCUT2D eigenvalue weighted by Crippen LogP contribution is -2.50. The summed E-state index contributed by atoms with van der Waals surface area (Å²) in [6.45, 7) is 3.54. The molecule has 94 valence electrons. The Balaban J connectivity index is 2.54. The van der Waals surface area contributed by atoms with Gasteiger partial charge in [-0.15, -0.1) is 0 Å². The van der Waals surface area contributed by atoms with E-state index in [1.54, 1.807) is 0 Å². The van der Waals surface area contributed by atoms with E-state index < -0.39 is 0 Å². The minimum Gasteiger partial charge on any atom is -0.493 e. The van der Waals surface area contributed by atoms with Gasteiger partial charge < -0.3 is 10.5 Å². The molecule has 0 saturated carbocycles. The monoisotopic (exact) mass is 234 g/mol. The van der Waals surface area contributed by atoms with Gasteiger partial charge in [-0.05, 0) is 32.1 Å². The number of hydrogen-bond donors (Lipinski definition) is 1. The summed E-state index contributed by atoms with van der Waals surface area (Å²) >= 11 is 0. The first-order valence-electron chi connectivity index (χ1n) is 6.27. The number of aryl methyl sites for hydroxylation is 1. The van der Waals surface area contributed by atoms with Crippen molar-refractivity contribution >= 4 is 0 Å². The highest BCUT2D eigenvalue weighted by molar-refractivity contribution is 5.44. The van der Waals surface area contributed by atoms with Crippen LogP contribution in [0, 0.1) is 0 Å². The Morgan fingerprint density at radius 1 is 1.41 bits per heavy atom. The van der Waals surface area contributed by atoms with Crippen molar-refractivity contribution in [1.29, 1.82) is 0 Å². The summed E-state index contributed by atoms with van der Waals surface area (Å²) < 4.78 is 5.75. The predicted octanol–water partition coefficient (Wildman–Crippen LogP) is 1.75. The summed E-state index contributed by atoms with van der Waals surface area (Å²) in [7, 11) is 4.20. The van der Waals surface area contributed by atoms with Crippen LogP contribution in [0.5, 0.6) is 5.75 Å². The number of ether oxygens (including phenoxy) is 1. The van der Waals surface area contributed by atoms with E-state index in [0.717, 1.165) is 25.2 Å². The van der Waals surface area contributed by atoms with Crippen LogP contribution < -0.4 is 10.5 Å². The summed E-state index contributed by atoms with van der Waals surface area (Å²) in [5, 5.41) is 0. The van der Waals surface area contributed by atoms with Gasteiger partial charge in [0.05, 0.1) is 12.1 Å². The van der Waals surface area contributed by atoms with Crippen LogP contribution in [-0.4, -0.2) is 32.1 Å². The fourth-order valence-corrected chi connectivity index (χ4v) is 2.61. The van der Waals surface area contributed by atoms with Crippen molar-refractivity contribution in [2.75, 3.05) is 27.2 Å². The maximum absolute atomic E-state index is 6.05. The normalized spacial score (nSPS) is 23.4. The van der Waals surface area contributed by atoms with E-state index in [1.165, 1.54) is 11.1 Å². The van der Waals surface area contributed by atoms with Crippen LogP contribution in [-0.2, 0) is 12.0 Å². The van der Waals surface area contributed by atoms with Gasteiger partial charge in [-0.2, -0.15) is 0 Å². The predicted molar refractivity (Wildman–Crippen MR) is 70.4 cm³/mol. The lowest BCUT2D eigenvalue weighted by molar-refractivity contribution is 0.0937. The SMILES string of the molecule is CCc1ccc2c(c1)C(CN)(N(C)C)CCO2. The fraction of sp³-hybridized carbons (Fsp3) is 0.571. The van der Waals surface area contributed by atoms with Crippen LogP contribution in [0.1, 0.15) is 24.5 Å². The second kappa shape index (κ2) is 4.67. The van der Waals surface area contributed by atoms with E-state index in [-0.39, 0.29) is 5.54 Å². The van der Waals surface area contributed by atoms with Crippen molar-refractivity contribution < 1.29 is 4.74 Å². The number of benzene rings is 1. The van der Waals surface area contributed by atoms with Crippen LogP contribution in [0.25, 0.3) is 0 Å². The molecule has 0 radical (unpaired) electrons. The topological polar surface area (TPSA) is 38.5 Å². The molecule has 2 rings (SSSR count). The Labute approximate surface area is 104 Å². The second-order valence-corrected chi connectivity index (χ2v) is 4.91. The highest BCUT2D eigenvalue weighted by Crippen LogP contribution is 2.40. The molecular formula is C14H22N2O. The molecule has 0 aliphatic carbocycles. The highest BCUT2D eigenvalue weighted by atomic mass is 16.5. The largest absolute Gasteiger partial charge is 0.493 e. The number of likely N-dealkylation sites (N-methyl/N-ethyl adjacent to an activating group) is 1. The summed E-state index contributed by atoms with van der Waals surface area (Å²) in [4.78, 5) is 2.23. The molecular weight excluding hydrogens is 212 g/mol. The molecule has 1 aromatic carbocycles. The Morgan fingerprint density at radius 2 is 2.18 bits per heavy atom. The highest BCUT2D eigenvalue weighted by Gasteiger charge is 2.38. The van der Waals surface area contributed by atoms with Gasteiger partial charge in [0, 0.05) is 18.5 Å². The van der Waals surface area contributed by atoms with Crippen molar-refractivity contribution in [3.8, 4) is 5.75 Å². The summed E-state index contributed by atoms with van der Waals surface area (Å²) in [6, 6.07) is 6.48. The molecule has 3 nitrogen and oxygen atoms in total. The van der Waals surface area contributed by atoms with Crippen molar-refractivity contribution in [2.24, 2.45) is 5.73 Å². The van der Waals surface area contributed by atoms with Crippen LogP contribution in [0.15, 0.2) is 18.2 Å². The van der Waals surface area contributed by atoms with E-state index in [9.17, 15) is 0 Å². The molecule has 2 N–H and O–H groups in total. The zero-order valence-electron chi connectivity index (χ0n) is 11.0. The van der Waals surface area contributed by atoms with Gasteiger partial charge >= 0.3 is 0 Å². The van der Waals surface area contributed by atoms with Crippen LogP contribution in [0.3, 0.4) is 0 Å². The first kappa shape index (κ1) is 12.4. The Hall–Kier alpha value is -1.06. The quantitative estimate of drug-likeness (QED) is 0.866. The first-order valence-corrected chi connectivity index (χ1v) is 6.27. The van der Waals surface area contributed by atoms with E-state index in [4.69, 9.17) is 10.5 Å². The second-order valence-electron chi connectivity index (χ2n) is 4.91. The molecule has 1 heterocycles. The molecule has 17 heavy (non-hydrogen) atoms. The molecule has 0 amide bonds. The lowest BCUT2D eigenvalue weighted by atomic mass is 9.82. The number of hydrogen-bond acceptors (Lipinski definition) is 3. The summed E-state index contributed by atoms with van der Waals surface area (Å²) in [6.07, 6.45) is 2.00. The molecule has 1 unspecified atom stereocenters. The minimum absolute atomic E-state index is 0.0707.